The number of methoxy groups -OCH3 is 1. The zero-order valence-corrected chi connectivity index (χ0v) is 11.0. The number of hydrogen-bond donors (Lipinski definition) is 1. The zero-order chi connectivity index (χ0) is 15.4. The molecule has 6 nitrogen and oxygen atoms in total. The number of nitrogens with two attached hydrogens (primary N) is 1. The van der Waals surface area contributed by atoms with Crippen LogP contribution in [-0.4, -0.2) is 18.1 Å². The van der Waals surface area contributed by atoms with Crippen molar-refractivity contribution in [3.63, 3.8) is 0 Å². The van der Waals surface area contributed by atoms with Gasteiger partial charge >= 0.3 is 5.97 Å². The van der Waals surface area contributed by atoms with Crippen LogP contribution in [0.5, 0.6) is 11.6 Å². The molecule has 21 heavy (non-hydrogen) atoms. The molecule has 0 bridgehead atoms. The second kappa shape index (κ2) is 5.88. The SMILES string of the molecule is COC(=O)c1cc(Oc2ccc(C#N)cc2F)ncc1N. The van der Waals surface area contributed by atoms with E-state index in [9.17, 15) is 9.18 Å². The van der Waals surface area contributed by atoms with E-state index in [0.717, 1.165) is 6.07 Å². The van der Waals surface area contributed by atoms with Crippen LogP contribution in [-0.2, 0) is 4.74 Å². The monoisotopic (exact) mass is 287 g/mol. The first kappa shape index (κ1) is 14.3. The third kappa shape index (κ3) is 3.06. The fourth-order valence-electron chi connectivity index (χ4n) is 1.56. The van der Waals surface area contributed by atoms with Gasteiger partial charge in [-0.3, -0.25) is 0 Å². The molecule has 106 valence electrons. The summed E-state index contributed by atoms with van der Waals surface area (Å²) in [4.78, 5) is 15.3. The molecule has 1 aromatic carbocycles. The third-order valence-corrected chi connectivity index (χ3v) is 2.59. The van der Waals surface area contributed by atoms with Crippen LogP contribution in [0.15, 0.2) is 30.5 Å². The quantitative estimate of drug-likeness (QED) is 0.869. The van der Waals surface area contributed by atoms with E-state index in [4.69, 9.17) is 15.7 Å². The predicted molar refractivity (Wildman–Crippen MR) is 71.2 cm³/mol. The van der Waals surface area contributed by atoms with Crippen LogP contribution in [0, 0.1) is 17.1 Å². The molecule has 2 aromatic rings. The maximum Gasteiger partial charge on any atom is 0.340 e. The van der Waals surface area contributed by atoms with Gasteiger partial charge in [0, 0.05) is 6.07 Å². The maximum absolute atomic E-state index is 13.7. The number of carbonyl (C=O) groups excluding carboxylic acids is 1. The molecule has 7 heteroatoms. The summed E-state index contributed by atoms with van der Waals surface area (Å²) >= 11 is 0. The number of anilines is 1. The summed E-state index contributed by atoms with van der Waals surface area (Å²) in [5.41, 5.74) is 5.95. The van der Waals surface area contributed by atoms with Gasteiger partial charge in [-0.15, -0.1) is 0 Å². The van der Waals surface area contributed by atoms with Crippen molar-refractivity contribution in [2.24, 2.45) is 0 Å². The van der Waals surface area contributed by atoms with Crippen LogP contribution in [0.3, 0.4) is 0 Å². The number of nitriles is 1. The van der Waals surface area contributed by atoms with Crippen molar-refractivity contribution in [2.45, 2.75) is 0 Å². The fraction of sp³-hybridized carbons (Fsp3) is 0.0714. The van der Waals surface area contributed by atoms with Gasteiger partial charge in [0.1, 0.15) is 0 Å². The van der Waals surface area contributed by atoms with Crippen molar-refractivity contribution in [3.8, 4) is 17.7 Å². The van der Waals surface area contributed by atoms with E-state index in [1.807, 2.05) is 6.07 Å². The summed E-state index contributed by atoms with van der Waals surface area (Å²) in [7, 11) is 1.21. The molecule has 0 amide bonds. The Morgan fingerprint density at radius 3 is 2.81 bits per heavy atom. The lowest BCUT2D eigenvalue weighted by Gasteiger charge is -2.08. The van der Waals surface area contributed by atoms with E-state index in [2.05, 4.69) is 9.72 Å². The Labute approximate surface area is 119 Å². The number of benzene rings is 1. The standard InChI is InChI=1S/C14H10FN3O3/c1-20-14(19)9-5-13(18-7-11(9)17)21-12-3-2-8(6-16)4-10(12)15/h2-5,7H,17H2,1H3. The number of nitrogen functional groups attached to an aromatic ring is 1. The Morgan fingerprint density at radius 1 is 1.43 bits per heavy atom. The number of rotatable bonds is 3. The van der Waals surface area contributed by atoms with Crippen LogP contribution in [0.1, 0.15) is 15.9 Å². The summed E-state index contributed by atoms with van der Waals surface area (Å²) in [6, 6.07) is 6.79. The Balaban J connectivity index is 2.32. The summed E-state index contributed by atoms with van der Waals surface area (Å²) in [6.45, 7) is 0. The number of esters is 1. The van der Waals surface area contributed by atoms with Crippen LogP contribution in [0.2, 0.25) is 0 Å². The second-order valence-corrected chi connectivity index (χ2v) is 3.96. The Hall–Kier alpha value is -3.14. The molecule has 0 atom stereocenters. The highest BCUT2D eigenvalue weighted by Crippen LogP contribution is 2.26. The molecule has 0 saturated heterocycles. The van der Waals surface area contributed by atoms with Gasteiger partial charge in [0.15, 0.2) is 11.6 Å². The van der Waals surface area contributed by atoms with E-state index in [-0.39, 0.29) is 28.4 Å². The molecular formula is C14H10FN3O3. The number of pyridine rings is 1. The van der Waals surface area contributed by atoms with E-state index in [1.165, 1.54) is 31.5 Å². The second-order valence-electron chi connectivity index (χ2n) is 3.96. The van der Waals surface area contributed by atoms with Crippen LogP contribution in [0.25, 0.3) is 0 Å². The molecule has 0 saturated carbocycles. The van der Waals surface area contributed by atoms with Crippen molar-refractivity contribution in [1.82, 2.24) is 4.98 Å². The average Bonchev–Trinajstić information content (AvgIpc) is 2.50. The van der Waals surface area contributed by atoms with Crippen molar-refractivity contribution >= 4 is 11.7 Å². The lowest BCUT2D eigenvalue weighted by molar-refractivity contribution is 0.0601. The topological polar surface area (TPSA) is 98.2 Å². The molecule has 0 unspecified atom stereocenters. The van der Waals surface area contributed by atoms with Gasteiger partial charge in [0.05, 0.1) is 36.2 Å². The van der Waals surface area contributed by atoms with E-state index >= 15 is 0 Å². The molecular weight excluding hydrogens is 277 g/mol. The molecule has 1 aromatic heterocycles. The number of nitrogens with zero attached hydrogens (tertiary/aromatic N) is 2. The smallest absolute Gasteiger partial charge is 0.340 e. The minimum atomic E-state index is -0.715. The largest absolute Gasteiger partial charge is 0.465 e. The van der Waals surface area contributed by atoms with Crippen molar-refractivity contribution in [2.75, 3.05) is 12.8 Å². The van der Waals surface area contributed by atoms with Crippen molar-refractivity contribution < 1.29 is 18.7 Å². The van der Waals surface area contributed by atoms with E-state index in [0.29, 0.717) is 0 Å². The highest BCUT2D eigenvalue weighted by Gasteiger charge is 2.14. The molecule has 0 spiro atoms. The lowest BCUT2D eigenvalue weighted by Crippen LogP contribution is -2.06. The van der Waals surface area contributed by atoms with Crippen molar-refractivity contribution in [1.29, 1.82) is 5.26 Å². The molecule has 1 heterocycles. The Bertz CT molecular complexity index is 741. The summed E-state index contributed by atoms with van der Waals surface area (Å²) in [6.07, 6.45) is 1.21. The molecule has 0 radical (unpaired) electrons. The summed E-state index contributed by atoms with van der Waals surface area (Å²) < 4.78 is 23.5. The van der Waals surface area contributed by atoms with Crippen LogP contribution in [0.4, 0.5) is 10.1 Å². The lowest BCUT2D eigenvalue weighted by atomic mass is 10.2. The number of aromatic nitrogens is 1. The molecule has 0 fully saturated rings. The first-order chi connectivity index (χ1) is 10.0. The van der Waals surface area contributed by atoms with Gasteiger partial charge in [-0.2, -0.15) is 5.26 Å². The summed E-state index contributed by atoms with van der Waals surface area (Å²) in [5, 5.41) is 8.66. The van der Waals surface area contributed by atoms with Crippen molar-refractivity contribution in [3.05, 3.63) is 47.4 Å². The fourth-order valence-corrected chi connectivity index (χ4v) is 1.56. The minimum Gasteiger partial charge on any atom is -0.465 e. The van der Waals surface area contributed by atoms with Crippen LogP contribution < -0.4 is 10.5 Å². The number of hydrogen-bond acceptors (Lipinski definition) is 6. The summed E-state index contributed by atoms with van der Waals surface area (Å²) in [5.74, 6) is -1.51. The number of carbonyl (C=O) groups is 1. The molecule has 2 rings (SSSR count). The first-order valence-corrected chi connectivity index (χ1v) is 5.76. The maximum atomic E-state index is 13.7. The molecule has 0 aliphatic carbocycles. The highest BCUT2D eigenvalue weighted by molar-refractivity contribution is 5.95. The third-order valence-electron chi connectivity index (χ3n) is 2.59. The van der Waals surface area contributed by atoms with Gasteiger partial charge in [0.25, 0.3) is 0 Å². The van der Waals surface area contributed by atoms with Gasteiger partial charge < -0.3 is 15.2 Å². The van der Waals surface area contributed by atoms with Gasteiger partial charge in [0.2, 0.25) is 5.88 Å². The van der Waals surface area contributed by atoms with Crippen LogP contribution >= 0.6 is 0 Å². The minimum absolute atomic E-state index is 0.0202. The normalized spacial score (nSPS) is 9.76. The molecule has 0 aliphatic rings. The Kier molecular flexibility index (Phi) is 4.00. The number of halogens is 1. The first-order valence-electron chi connectivity index (χ1n) is 5.76. The average molecular weight is 287 g/mol. The van der Waals surface area contributed by atoms with E-state index < -0.39 is 11.8 Å². The zero-order valence-electron chi connectivity index (χ0n) is 11.0. The van der Waals surface area contributed by atoms with Gasteiger partial charge in [-0.05, 0) is 18.2 Å². The highest BCUT2D eigenvalue weighted by atomic mass is 19.1. The van der Waals surface area contributed by atoms with Gasteiger partial charge in [-0.1, -0.05) is 0 Å². The Morgan fingerprint density at radius 2 is 2.19 bits per heavy atom. The van der Waals surface area contributed by atoms with E-state index in [1.54, 1.807) is 0 Å². The molecule has 2 N–H and O–H groups in total. The molecule has 0 aliphatic heterocycles. The predicted octanol–water partition coefficient (Wildman–Crippen LogP) is 2.25. The van der Waals surface area contributed by atoms with Gasteiger partial charge in [-0.25, -0.2) is 14.2 Å². The number of ether oxygens (including phenoxy) is 2.